The number of hydrogen-bond donors (Lipinski definition) is 1. The number of aliphatic hydroxyl groups excluding tert-OH is 1. The topological polar surface area (TPSA) is 37.6 Å². The minimum absolute atomic E-state index is 0.0621. The third kappa shape index (κ3) is 4.01. The third-order valence-electron chi connectivity index (χ3n) is 4.79. The largest absolute Gasteiger partial charge is 0.389 e. The lowest BCUT2D eigenvalue weighted by Gasteiger charge is -2.36. The highest BCUT2D eigenvalue weighted by atomic mass is 35.5. The van der Waals surface area contributed by atoms with Crippen molar-refractivity contribution in [1.29, 1.82) is 0 Å². The van der Waals surface area contributed by atoms with Gasteiger partial charge >= 0.3 is 0 Å². The minimum atomic E-state index is -0.497. The van der Waals surface area contributed by atoms with E-state index < -0.39 is 6.10 Å². The molecule has 0 radical (unpaired) electrons. The Balaban J connectivity index is 1.49. The molecule has 1 aliphatic heterocycles. The summed E-state index contributed by atoms with van der Waals surface area (Å²) < 4.78 is 8.12. The third-order valence-corrected chi connectivity index (χ3v) is 5.04. The molecule has 2 heterocycles. The number of benzene rings is 1. The van der Waals surface area contributed by atoms with Crippen LogP contribution in [0.5, 0.6) is 0 Å². The van der Waals surface area contributed by atoms with E-state index in [9.17, 15) is 5.11 Å². The Morgan fingerprint density at radius 1 is 1.25 bits per heavy atom. The van der Waals surface area contributed by atoms with Crippen molar-refractivity contribution in [3.05, 3.63) is 58.9 Å². The van der Waals surface area contributed by atoms with Crippen molar-refractivity contribution in [2.45, 2.75) is 38.6 Å². The first-order valence-electron chi connectivity index (χ1n) is 8.49. The van der Waals surface area contributed by atoms with Gasteiger partial charge in [0.25, 0.3) is 0 Å². The molecule has 0 bridgehead atoms. The van der Waals surface area contributed by atoms with E-state index >= 15 is 0 Å². The molecule has 130 valence electrons. The van der Waals surface area contributed by atoms with E-state index in [1.165, 1.54) is 5.69 Å². The maximum atomic E-state index is 10.4. The SMILES string of the molecule is CC(OCC(O)CN1CCn2cccc2C1C)c1ccc(Cl)cc1. The van der Waals surface area contributed by atoms with Crippen LogP contribution in [0.15, 0.2) is 42.6 Å². The molecule has 1 aliphatic rings. The van der Waals surface area contributed by atoms with Gasteiger partial charge in [-0.05, 0) is 43.7 Å². The van der Waals surface area contributed by atoms with Crippen LogP contribution in [0, 0.1) is 0 Å². The fourth-order valence-corrected chi connectivity index (χ4v) is 3.41. The van der Waals surface area contributed by atoms with Gasteiger partial charge in [0.15, 0.2) is 0 Å². The van der Waals surface area contributed by atoms with Crippen LogP contribution in [-0.2, 0) is 11.3 Å². The fourth-order valence-electron chi connectivity index (χ4n) is 3.29. The molecule has 1 N–H and O–H groups in total. The highest BCUT2D eigenvalue weighted by Crippen LogP contribution is 2.25. The molecule has 1 aromatic heterocycles. The van der Waals surface area contributed by atoms with Crippen molar-refractivity contribution in [1.82, 2.24) is 9.47 Å². The van der Waals surface area contributed by atoms with E-state index in [0.29, 0.717) is 19.2 Å². The van der Waals surface area contributed by atoms with E-state index in [2.05, 4.69) is 34.7 Å². The second-order valence-electron chi connectivity index (χ2n) is 6.48. The average Bonchev–Trinajstić information content (AvgIpc) is 3.05. The van der Waals surface area contributed by atoms with Crippen molar-refractivity contribution in [2.24, 2.45) is 0 Å². The average molecular weight is 349 g/mol. The molecule has 24 heavy (non-hydrogen) atoms. The quantitative estimate of drug-likeness (QED) is 0.865. The molecule has 0 saturated carbocycles. The molecule has 1 aromatic carbocycles. The van der Waals surface area contributed by atoms with Crippen LogP contribution in [0.25, 0.3) is 0 Å². The summed E-state index contributed by atoms with van der Waals surface area (Å²) in [4.78, 5) is 2.32. The van der Waals surface area contributed by atoms with Crippen molar-refractivity contribution in [3.8, 4) is 0 Å². The van der Waals surface area contributed by atoms with Crippen LogP contribution < -0.4 is 0 Å². The van der Waals surface area contributed by atoms with Crippen molar-refractivity contribution in [2.75, 3.05) is 19.7 Å². The highest BCUT2D eigenvalue weighted by molar-refractivity contribution is 6.30. The van der Waals surface area contributed by atoms with E-state index in [4.69, 9.17) is 16.3 Å². The number of aromatic nitrogens is 1. The number of fused-ring (bicyclic) bond motifs is 1. The fraction of sp³-hybridized carbons (Fsp3) is 0.474. The summed E-state index contributed by atoms with van der Waals surface area (Å²) in [6.45, 7) is 7.06. The van der Waals surface area contributed by atoms with Crippen LogP contribution in [0.3, 0.4) is 0 Å². The summed E-state index contributed by atoms with van der Waals surface area (Å²) >= 11 is 5.91. The number of rotatable bonds is 6. The van der Waals surface area contributed by atoms with E-state index in [-0.39, 0.29) is 6.10 Å². The van der Waals surface area contributed by atoms with Crippen molar-refractivity contribution >= 4 is 11.6 Å². The Labute approximate surface area is 148 Å². The summed E-state index contributed by atoms with van der Waals surface area (Å²) in [6.07, 6.45) is 1.56. The summed E-state index contributed by atoms with van der Waals surface area (Å²) in [5.41, 5.74) is 2.37. The van der Waals surface area contributed by atoms with Crippen LogP contribution in [0.1, 0.15) is 37.3 Å². The second kappa shape index (κ2) is 7.70. The molecule has 4 nitrogen and oxygen atoms in total. The van der Waals surface area contributed by atoms with Gasteiger partial charge in [-0.25, -0.2) is 0 Å². The molecule has 0 spiro atoms. The van der Waals surface area contributed by atoms with E-state index in [1.807, 2.05) is 31.2 Å². The Kier molecular flexibility index (Phi) is 5.61. The van der Waals surface area contributed by atoms with Gasteiger partial charge in [0.05, 0.1) is 18.8 Å². The van der Waals surface area contributed by atoms with E-state index in [0.717, 1.165) is 23.7 Å². The van der Waals surface area contributed by atoms with Crippen molar-refractivity contribution < 1.29 is 9.84 Å². The Bertz CT molecular complexity index is 656. The zero-order valence-corrected chi connectivity index (χ0v) is 15.0. The summed E-state index contributed by atoms with van der Waals surface area (Å²) in [6, 6.07) is 12.2. The highest BCUT2D eigenvalue weighted by Gasteiger charge is 2.25. The number of β-amino-alcohol motifs (C(OH)–C–C–N with tert-alkyl or cyclic N) is 1. The zero-order valence-electron chi connectivity index (χ0n) is 14.2. The van der Waals surface area contributed by atoms with Crippen molar-refractivity contribution in [3.63, 3.8) is 0 Å². The molecule has 0 aliphatic carbocycles. The summed E-state index contributed by atoms with van der Waals surface area (Å²) in [5.74, 6) is 0. The van der Waals surface area contributed by atoms with Gasteiger partial charge in [-0.1, -0.05) is 23.7 Å². The van der Waals surface area contributed by atoms with Crippen LogP contribution in [0.4, 0.5) is 0 Å². The number of hydrogen-bond acceptors (Lipinski definition) is 3. The van der Waals surface area contributed by atoms with Gasteiger partial charge in [-0.15, -0.1) is 0 Å². The summed E-state index contributed by atoms with van der Waals surface area (Å²) in [7, 11) is 0. The summed E-state index contributed by atoms with van der Waals surface area (Å²) in [5, 5.41) is 11.1. The second-order valence-corrected chi connectivity index (χ2v) is 6.91. The molecule has 0 saturated heterocycles. The number of aliphatic hydroxyl groups is 1. The molecule has 2 aromatic rings. The normalized spacial score (nSPS) is 20.6. The lowest BCUT2D eigenvalue weighted by atomic mass is 10.1. The van der Waals surface area contributed by atoms with Gasteiger partial charge in [0, 0.05) is 42.6 Å². The van der Waals surface area contributed by atoms with Gasteiger partial charge in [-0.3, -0.25) is 4.90 Å². The van der Waals surface area contributed by atoms with E-state index in [1.54, 1.807) is 0 Å². The van der Waals surface area contributed by atoms with Gasteiger partial charge in [-0.2, -0.15) is 0 Å². The molecular formula is C19H25ClN2O2. The lowest BCUT2D eigenvalue weighted by Crippen LogP contribution is -2.42. The molecule has 5 heteroatoms. The zero-order chi connectivity index (χ0) is 17.1. The maximum Gasteiger partial charge on any atom is 0.0900 e. The Morgan fingerprint density at radius 2 is 2.00 bits per heavy atom. The molecule has 3 unspecified atom stereocenters. The van der Waals surface area contributed by atoms with Gasteiger partial charge in [0.1, 0.15) is 0 Å². The Hall–Kier alpha value is -1.33. The molecular weight excluding hydrogens is 324 g/mol. The first kappa shape index (κ1) is 17.5. The number of ether oxygens (including phenoxy) is 1. The van der Waals surface area contributed by atoms with Crippen LogP contribution >= 0.6 is 11.6 Å². The lowest BCUT2D eigenvalue weighted by molar-refractivity contribution is -0.0230. The smallest absolute Gasteiger partial charge is 0.0900 e. The number of nitrogens with zero attached hydrogens (tertiary/aromatic N) is 2. The van der Waals surface area contributed by atoms with Crippen LogP contribution in [-0.4, -0.2) is 40.4 Å². The first-order chi connectivity index (χ1) is 11.5. The number of halogens is 1. The van der Waals surface area contributed by atoms with Crippen LogP contribution in [0.2, 0.25) is 5.02 Å². The standard InChI is InChI=1S/C19H25ClN2O2/c1-14-19-4-3-9-21(19)10-11-22(14)12-18(23)13-24-15(2)16-5-7-17(20)8-6-16/h3-9,14-15,18,23H,10-13H2,1-2H3. The molecule has 3 atom stereocenters. The maximum absolute atomic E-state index is 10.4. The predicted molar refractivity (Wildman–Crippen MR) is 96.2 cm³/mol. The monoisotopic (exact) mass is 348 g/mol. The minimum Gasteiger partial charge on any atom is -0.389 e. The first-order valence-corrected chi connectivity index (χ1v) is 8.86. The molecule has 0 fully saturated rings. The van der Waals surface area contributed by atoms with Gasteiger partial charge < -0.3 is 14.4 Å². The Morgan fingerprint density at radius 3 is 2.75 bits per heavy atom. The predicted octanol–water partition coefficient (Wildman–Crippen LogP) is 3.66. The molecule has 3 rings (SSSR count). The van der Waals surface area contributed by atoms with Gasteiger partial charge in [0.2, 0.25) is 0 Å². The molecule has 0 amide bonds.